The molecule has 1 aromatic carbocycles. The van der Waals surface area contributed by atoms with Gasteiger partial charge in [-0.3, -0.25) is 4.98 Å². The van der Waals surface area contributed by atoms with E-state index < -0.39 is 0 Å². The van der Waals surface area contributed by atoms with Crippen molar-refractivity contribution in [3.05, 3.63) is 77.6 Å². The lowest BCUT2D eigenvalue weighted by atomic mass is 10.1. The van der Waals surface area contributed by atoms with E-state index in [1.807, 2.05) is 65.5 Å². The van der Waals surface area contributed by atoms with Gasteiger partial charge < -0.3 is 0 Å². The number of aromatic nitrogens is 1. The molecule has 0 radical (unpaired) electrons. The highest BCUT2D eigenvalue weighted by Gasteiger charge is 1.93. The monoisotopic (exact) mass is 239 g/mol. The normalized spacial score (nSPS) is 9.18. The maximum atomic E-state index is 4.25. The van der Waals surface area contributed by atoms with Crippen LogP contribution in [0.25, 0.3) is 11.3 Å². The summed E-state index contributed by atoms with van der Waals surface area (Å²) in [4.78, 5) is 4.25. The van der Waals surface area contributed by atoms with Crippen LogP contribution in [0.15, 0.2) is 77.6 Å². The van der Waals surface area contributed by atoms with Crippen molar-refractivity contribution in [1.82, 2.24) is 4.98 Å². The minimum absolute atomic E-state index is 1.03. The Morgan fingerprint density at radius 1 is 0.706 bits per heavy atom. The fourth-order valence-electron chi connectivity index (χ4n) is 1.37. The van der Waals surface area contributed by atoms with Gasteiger partial charge in [0.2, 0.25) is 0 Å². The van der Waals surface area contributed by atoms with Crippen molar-refractivity contribution in [3.63, 3.8) is 0 Å². The Hall–Kier alpha value is -1.93. The molecular weight excluding hydrogens is 226 g/mol. The highest BCUT2D eigenvalue weighted by Crippen LogP contribution is 2.14. The van der Waals surface area contributed by atoms with Gasteiger partial charge in [0.05, 0.1) is 5.69 Å². The minimum atomic E-state index is 1.03. The summed E-state index contributed by atoms with van der Waals surface area (Å²) in [6, 6.07) is 20.1. The van der Waals surface area contributed by atoms with E-state index in [2.05, 4.69) is 17.1 Å². The maximum absolute atomic E-state index is 4.25. The highest BCUT2D eigenvalue weighted by molar-refractivity contribution is 7.07. The first-order valence-corrected chi connectivity index (χ1v) is 6.35. The summed E-state index contributed by atoms with van der Waals surface area (Å²) in [7, 11) is 0. The van der Waals surface area contributed by atoms with E-state index in [-0.39, 0.29) is 0 Å². The van der Waals surface area contributed by atoms with Crippen molar-refractivity contribution < 1.29 is 0 Å². The third-order valence-electron chi connectivity index (χ3n) is 2.16. The molecule has 0 aliphatic carbocycles. The SMILES string of the molecule is c1ccc(-c2ccccn2)cc1.c1ccsc1. The van der Waals surface area contributed by atoms with Crippen molar-refractivity contribution in [2.45, 2.75) is 0 Å². The minimum Gasteiger partial charge on any atom is -0.256 e. The summed E-state index contributed by atoms with van der Waals surface area (Å²) in [6.45, 7) is 0. The van der Waals surface area contributed by atoms with E-state index in [1.165, 1.54) is 0 Å². The van der Waals surface area contributed by atoms with Gasteiger partial charge in [-0.15, -0.1) is 0 Å². The Morgan fingerprint density at radius 3 is 1.94 bits per heavy atom. The van der Waals surface area contributed by atoms with Crippen LogP contribution in [0.1, 0.15) is 0 Å². The summed E-state index contributed by atoms with van der Waals surface area (Å²) in [5.41, 5.74) is 2.19. The molecule has 0 saturated heterocycles. The molecule has 0 aliphatic rings. The Balaban J connectivity index is 0.000000181. The van der Waals surface area contributed by atoms with Crippen molar-refractivity contribution in [2.75, 3.05) is 0 Å². The standard InChI is InChI=1S/C11H9N.C4H4S/c1-2-6-10(7-3-1)11-8-4-5-9-12-11;1-2-4-5-3-1/h1-9H;1-4H. The fourth-order valence-corrected chi connectivity index (χ4v) is 1.82. The molecule has 0 fully saturated rings. The van der Waals surface area contributed by atoms with E-state index >= 15 is 0 Å². The molecule has 17 heavy (non-hydrogen) atoms. The lowest BCUT2D eigenvalue weighted by molar-refractivity contribution is 1.33. The van der Waals surface area contributed by atoms with Crippen molar-refractivity contribution >= 4 is 11.3 Å². The Kier molecular flexibility index (Phi) is 4.49. The molecule has 2 heteroatoms. The second-order valence-electron chi connectivity index (χ2n) is 3.37. The number of nitrogens with zero attached hydrogens (tertiary/aromatic N) is 1. The van der Waals surface area contributed by atoms with Gasteiger partial charge >= 0.3 is 0 Å². The van der Waals surface area contributed by atoms with Gasteiger partial charge in [-0.1, -0.05) is 48.5 Å². The number of rotatable bonds is 1. The third-order valence-corrected chi connectivity index (χ3v) is 2.79. The van der Waals surface area contributed by atoms with E-state index in [0.717, 1.165) is 11.3 Å². The molecule has 0 unspecified atom stereocenters. The van der Waals surface area contributed by atoms with Gasteiger partial charge in [0.15, 0.2) is 0 Å². The zero-order valence-electron chi connectivity index (χ0n) is 9.36. The molecule has 3 aromatic rings. The van der Waals surface area contributed by atoms with E-state index in [4.69, 9.17) is 0 Å². The van der Waals surface area contributed by atoms with Crippen LogP contribution in [0.3, 0.4) is 0 Å². The van der Waals surface area contributed by atoms with Gasteiger partial charge in [-0.2, -0.15) is 11.3 Å². The maximum Gasteiger partial charge on any atom is 0.0701 e. The first kappa shape index (κ1) is 11.6. The highest BCUT2D eigenvalue weighted by atomic mass is 32.1. The Labute approximate surface area is 105 Å². The smallest absolute Gasteiger partial charge is 0.0701 e. The van der Waals surface area contributed by atoms with Crippen LogP contribution in [-0.4, -0.2) is 4.98 Å². The Morgan fingerprint density at radius 2 is 1.41 bits per heavy atom. The first-order valence-electron chi connectivity index (χ1n) is 5.40. The predicted octanol–water partition coefficient (Wildman–Crippen LogP) is 4.50. The van der Waals surface area contributed by atoms with Crippen LogP contribution >= 0.6 is 11.3 Å². The van der Waals surface area contributed by atoms with Gasteiger partial charge in [-0.05, 0) is 22.9 Å². The van der Waals surface area contributed by atoms with Crippen LogP contribution < -0.4 is 0 Å². The van der Waals surface area contributed by atoms with Gasteiger partial charge in [0.25, 0.3) is 0 Å². The lowest BCUT2D eigenvalue weighted by Gasteiger charge is -1.97. The fraction of sp³-hybridized carbons (Fsp3) is 0. The lowest BCUT2D eigenvalue weighted by Crippen LogP contribution is -1.79. The van der Waals surface area contributed by atoms with Crippen LogP contribution in [0, 0.1) is 0 Å². The van der Waals surface area contributed by atoms with Crippen LogP contribution in [0.4, 0.5) is 0 Å². The van der Waals surface area contributed by atoms with Crippen LogP contribution in [0.5, 0.6) is 0 Å². The molecule has 2 heterocycles. The number of hydrogen-bond donors (Lipinski definition) is 0. The van der Waals surface area contributed by atoms with Crippen LogP contribution in [0.2, 0.25) is 0 Å². The van der Waals surface area contributed by atoms with Crippen molar-refractivity contribution in [3.8, 4) is 11.3 Å². The van der Waals surface area contributed by atoms with E-state index in [9.17, 15) is 0 Å². The van der Waals surface area contributed by atoms with Crippen molar-refractivity contribution in [2.24, 2.45) is 0 Å². The molecule has 84 valence electrons. The number of benzene rings is 1. The quantitative estimate of drug-likeness (QED) is 0.609. The van der Waals surface area contributed by atoms with E-state index in [0.29, 0.717) is 0 Å². The molecule has 0 N–H and O–H groups in total. The largest absolute Gasteiger partial charge is 0.256 e. The van der Waals surface area contributed by atoms with Gasteiger partial charge in [0.1, 0.15) is 0 Å². The Bertz CT molecular complexity index is 448. The summed E-state index contributed by atoms with van der Waals surface area (Å²) in [5, 5.41) is 4.08. The summed E-state index contributed by atoms with van der Waals surface area (Å²) in [5.74, 6) is 0. The second-order valence-corrected chi connectivity index (χ2v) is 4.19. The topological polar surface area (TPSA) is 12.9 Å². The zero-order valence-corrected chi connectivity index (χ0v) is 10.2. The molecule has 2 aromatic heterocycles. The molecule has 0 aliphatic heterocycles. The van der Waals surface area contributed by atoms with Crippen molar-refractivity contribution in [1.29, 1.82) is 0 Å². The first-order chi connectivity index (χ1) is 8.47. The molecule has 0 spiro atoms. The second kappa shape index (κ2) is 6.61. The average Bonchev–Trinajstić information content (AvgIpc) is 3.00. The molecular formula is C15H13NS. The number of pyridine rings is 1. The molecule has 0 bridgehead atoms. The van der Waals surface area contributed by atoms with Gasteiger partial charge in [0, 0.05) is 11.8 Å². The summed E-state index contributed by atoms with van der Waals surface area (Å²) in [6.07, 6.45) is 1.81. The molecule has 0 saturated carbocycles. The van der Waals surface area contributed by atoms with Gasteiger partial charge in [-0.25, -0.2) is 0 Å². The molecule has 1 nitrogen and oxygen atoms in total. The number of hydrogen-bond acceptors (Lipinski definition) is 2. The molecule has 0 amide bonds. The van der Waals surface area contributed by atoms with Crippen LogP contribution in [-0.2, 0) is 0 Å². The average molecular weight is 239 g/mol. The molecule has 0 atom stereocenters. The zero-order chi connectivity index (χ0) is 11.8. The number of thiophene rings is 1. The summed E-state index contributed by atoms with van der Waals surface area (Å²) >= 11 is 1.71. The van der Waals surface area contributed by atoms with E-state index in [1.54, 1.807) is 11.3 Å². The predicted molar refractivity (Wildman–Crippen MR) is 74.0 cm³/mol. The third kappa shape index (κ3) is 3.85. The molecule has 3 rings (SSSR count). The summed E-state index contributed by atoms with van der Waals surface area (Å²) < 4.78 is 0.